The van der Waals surface area contributed by atoms with E-state index in [4.69, 9.17) is 10.00 Å². The number of nitriles is 1. The summed E-state index contributed by atoms with van der Waals surface area (Å²) in [5.41, 5.74) is 3.57. The summed E-state index contributed by atoms with van der Waals surface area (Å²) in [6.07, 6.45) is 0.340. The van der Waals surface area contributed by atoms with Crippen LogP contribution in [0, 0.1) is 25.2 Å². The molecule has 1 amide bonds. The quantitative estimate of drug-likeness (QED) is 0.820. The summed E-state index contributed by atoms with van der Waals surface area (Å²) in [7, 11) is 0. The number of carbonyl (C=O) groups is 2. The second kappa shape index (κ2) is 8.15. The number of ether oxygens (including phenoxy) is 1. The van der Waals surface area contributed by atoms with Crippen LogP contribution in [0.5, 0.6) is 0 Å². The molecular weight excluding hydrogens is 318 g/mol. The highest BCUT2D eigenvalue weighted by atomic mass is 16.5. The van der Waals surface area contributed by atoms with Gasteiger partial charge in [-0.05, 0) is 44.5 Å². The minimum Gasteiger partial charge on any atom is -0.462 e. The number of benzene rings is 1. The van der Waals surface area contributed by atoms with Crippen molar-refractivity contribution in [2.24, 2.45) is 0 Å². The van der Waals surface area contributed by atoms with Gasteiger partial charge in [-0.25, -0.2) is 4.79 Å². The second-order valence-corrected chi connectivity index (χ2v) is 5.67. The molecule has 0 fully saturated rings. The van der Waals surface area contributed by atoms with Crippen molar-refractivity contribution >= 4 is 17.6 Å². The van der Waals surface area contributed by atoms with Crippen LogP contribution in [0.1, 0.15) is 34.2 Å². The molecule has 1 aromatic carbocycles. The fourth-order valence-electron chi connectivity index (χ4n) is 2.60. The lowest BCUT2D eigenvalue weighted by atomic mass is 10.1. The van der Waals surface area contributed by atoms with E-state index in [0.29, 0.717) is 30.0 Å². The number of hydrogen-bond acceptors (Lipinski definition) is 4. The predicted octanol–water partition coefficient (Wildman–Crippen LogP) is 2.99. The van der Waals surface area contributed by atoms with Gasteiger partial charge in [0.05, 0.1) is 24.7 Å². The number of esters is 1. The SMILES string of the molecule is CCOC(=O)c1cc(C)n(CC(=O)Nc2ccc(CC#N)cc2)c1C. The van der Waals surface area contributed by atoms with Gasteiger partial charge in [0.1, 0.15) is 6.54 Å². The average molecular weight is 339 g/mol. The highest BCUT2D eigenvalue weighted by molar-refractivity contribution is 5.93. The third kappa shape index (κ3) is 4.48. The highest BCUT2D eigenvalue weighted by Crippen LogP contribution is 2.17. The molecule has 25 heavy (non-hydrogen) atoms. The van der Waals surface area contributed by atoms with E-state index in [1.165, 1.54) is 0 Å². The molecule has 2 aromatic rings. The first kappa shape index (κ1) is 18.3. The van der Waals surface area contributed by atoms with Crippen molar-refractivity contribution in [3.63, 3.8) is 0 Å². The Kier molecular flexibility index (Phi) is 5.96. The minimum absolute atomic E-state index is 0.108. The van der Waals surface area contributed by atoms with Crippen molar-refractivity contribution < 1.29 is 14.3 Å². The van der Waals surface area contributed by atoms with Gasteiger partial charge in [0.25, 0.3) is 0 Å². The number of amides is 1. The summed E-state index contributed by atoms with van der Waals surface area (Å²) < 4.78 is 6.82. The van der Waals surface area contributed by atoms with Crippen LogP contribution in [0.3, 0.4) is 0 Å². The van der Waals surface area contributed by atoms with Crippen LogP contribution in [0.25, 0.3) is 0 Å². The van der Waals surface area contributed by atoms with E-state index in [1.54, 1.807) is 36.6 Å². The molecule has 0 radical (unpaired) electrons. The summed E-state index contributed by atoms with van der Waals surface area (Å²) >= 11 is 0. The number of rotatable bonds is 6. The van der Waals surface area contributed by atoms with Crippen molar-refractivity contribution in [3.8, 4) is 6.07 Å². The monoisotopic (exact) mass is 339 g/mol. The van der Waals surface area contributed by atoms with E-state index in [1.807, 2.05) is 19.1 Å². The van der Waals surface area contributed by atoms with Gasteiger partial charge in [0, 0.05) is 17.1 Å². The number of aromatic nitrogens is 1. The van der Waals surface area contributed by atoms with Gasteiger partial charge in [-0.1, -0.05) is 12.1 Å². The Balaban J connectivity index is 2.08. The van der Waals surface area contributed by atoms with Gasteiger partial charge in [0.15, 0.2) is 0 Å². The molecule has 2 rings (SSSR count). The summed E-state index contributed by atoms with van der Waals surface area (Å²) in [5.74, 6) is -0.569. The summed E-state index contributed by atoms with van der Waals surface area (Å²) in [6.45, 7) is 5.82. The first-order chi connectivity index (χ1) is 12.0. The van der Waals surface area contributed by atoms with Crippen molar-refractivity contribution in [1.82, 2.24) is 4.57 Å². The molecule has 0 saturated heterocycles. The van der Waals surface area contributed by atoms with Gasteiger partial charge in [-0.2, -0.15) is 5.26 Å². The lowest BCUT2D eigenvalue weighted by molar-refractivity contribution is -0.116. The van der Waals surface area contributed by atoms with E-state index in [-0.39, 0.29) is 18.4 Å². The third-order valence-corrected chi connectivity index (χ3v) is 3.89. The molecule has 0 spiro atoms. The standard InChI is InChI=1S/C19H21N3O3/c1-4-25-19(24)17-11-13(2)22(14(17)3)12-18(23)21-16-7-5-15(6-8-16)9-10-20/h5-8,11H,4,9,12H2,1-3H3,(H,21,23). The van der Waals surface area contributed by atoms with Crippen molar-refractivity contribution in [1.29, 1.82) is 5.26 Å². The molecule has 130 valence electrons. The molecule has 0 unspecified atom stereocenters. The first-order valence-corrected chi connectivity index (χ1v) is 8.05. The van der Waals surface area contributed by atoms with Crippen LogP contribution in [-0.4, -0.2) is 23.1 Å². The van der Waals surface area contributed by atoms with E-state index < -0.39 is 0 Å². The zero-order valence-electron chi connectivity index (χ0n) is 14.6. The Labute approximate surface area is 147 Å². The Morgan fingerprint density at radius 1 is 1.24 bits per heavy atom. The number of nitrogens with one attached hydrogen (secondary N) is 1. The predicted molar refractivity (Wildman–Crippen MR) is 94.3 cm³/mol. The van der Waals surface area contributed by atoms with Crippen LogP contribution < -0.4 is 5.32 Å². The summed E-state index contributed by atoms with van der Waals surface area (Å²) in [4.78, 5) is 24.2. The fourth-order valence-corrected chi connectivity index (χ4v) is 2.60. The first-order valence-electron chi connectivity index (χ1n) is 8.05. The molecule has 1 heterocycles. The van der Waals surface area contributed by atoms with Crippen molar-refractivity contribution in [2.75, 3.05) is 11.9 Å². The summed E-state index contributed by atoms with van der Waals surface area (Å²) in [5, 5.41) is 11.5. The molecule has 0 aliphatic heterocycles. The molecular formula is C19H21N3O3. The Bertz CT molecular complexity index is 814. The van der Waals surface area contributed by atoms with E-state index >= 15 is 0 Å². The normalized spacial score (nSPS) is 10.2. The number of anilines is 1. The highest BCUT2D eigenvalue weighted by Gasteiger charge is 2.18. The van der Waals surface area contributed by atoms with Crippen molar-refractivity contribution in [3.05, 3.63) is 52.8 Å². The number of aryl methyl sites for hydroxylation is 1. The lowest BCUT2D eigenvalue weighted by Crippen LogP contribution is -2.20. The zero-order valence-corrected chi connectivity index (χ0v) is 14.6. The molecule has 0 atom stereocenters. The molecule has 0 saturated carbocycles. The molecule has 0 aliphatic rings. The largest absolute Gasteiger partial charge is 0.462 e. The molecule has 6 heteroatoms. The molecule has 0 aliphatic carbocycles. The van der Waals surface area contributed by atoms with Crippen molar-refractivity contribution in [2.45, 2.75) is 33.7 Å². The van der Waals surface area contributed by atoms with Gasteiger partial charge < -0.3 is 14.6 Å². The Morgan fingerprint density at radius 3 is 2.52 bits per heavy atom. The summed E-state index contributed by atoms with van der Waals surface area (Å²) in [6, 6.07) is 11.0. The Hall–Kier alpha value is -3.07. The zero-order chi connectivity index (χ0) is 18.4. The second-order valence-electron chi connectivity index (χ2n) is 5.67. The smallest absolute Gasteiger partial charge is 0.339 e. The number of carbonyl (C=O) groups excluding carboxylic acids is 2. The lowest BCUT2D eigenvalue weighted by Gasteiger charge is -2.11. The Morgan fingerprint density at radius 2 is 1.92 bits per heavy atom. The van der Waals surface area contributed by atoms with Crippen LogP contribution in [0.15, 0.2) is 30.3 Å². The van der Waals surface area contributed by atoms with E-state index in [2.05, 4.69) is 11.4 Å². The van der Waals surface area contributed by atoms with Crippen LogP contribution >= 0.6 is 0 Å². The van der Waals surface area contributed by atoms with Crippen LogP contribution in [0.2, 0.25) is 0 Å². The minimum atomic E-state index is -0.379. The van der Waals surface area contributed by atoms with E-state index in [0.717, 1.165) is 11.3 Å². The topological polar surface area (TPSA) is 84.1 Å². The van der Waals surface area contributed by atoms with Crippen LogP contribution in [-0.2, 0) is 22.5 Å². The van der Waals surface area contributed by atoms with Gasteiger partial charge in [-0.3, -0.25) is 4.79 Å². The molecule has 6 nitrogen and oxygen atoms in total. The maximum Gasteiger partial charge on any atom is 0.339 e. The fraction of sp³-hybridized carbons (Fsp3) is 0.316. The van der Waals surface area contributed by atoms with Gasteiger partial charge >= 0.3 is 5.97 Å². The molecule has 1 N–H and O–H groups in total. The maximum absolute atomic E-state index is 12.3. The molecule has 1 aromatic heterocycles. The number of nitrogens with zero attached hydrogens (tertiary/aromatic N) is 2. The van der Waals surface area contributed by atoms with E-state index in [9.17, 15) is 9.59 Å². The average Bonchev–Trinajstić information content (AvgIpc) is 2.85. The van der Waals surface area contributed by atoms with Crippen LogP contribution in [0.4, 0.5) is 5.69 Å². The number of hydrogen-bond donors (Lipinski definition) is 1. The van der Waals surface area contributed by atoms with Gasteiger partial charge in [0.2, 0.25) is 5.91 Å². The van der Waals surface area contributed by atoms with Gasteiger partial charge in [-0.15, -0.1) is 0 Å². The third-order valence-electron chi connectivity index (χ3n) is 3.89. The maximum atomic E-state index is 12.3. The molecule has 0 bridgehead atoms.